The van der Waals surface area contributed by atoms with Gasteiger partial charge >= 0.3 is 0 Å². The van der Waals surface area contributed by atoms with Crippen molar-refractivity contribution in [1.29, 1.82) is 5.26 Å². The molecule has 1 amide bonds. The molecule has 2 rings (SSSR count). The van der Waals surface area contributed by atoms with Crippen LogP contribution in [-0.4, -0.2) is 21.5 Å². The second kappa shape index (κ2) is 6.33. The SMILES string of the molecule is C[C@H](C#N)NC(=O)CCn1c(=S)[nH]c2ccccc2c1=O. The number of para-hydroxylation sites is 1. The maximum absolute atomic E-state index is 12.3. The highest BCUT2D eigenvalue weighted by Crippen LogP contribution is 2.06. The Morgan fingerprint density at radius 2 is 2.24 bits per heavy atom. The van der Waals surface area contributed by atoms with Crippen molar-refractivity contribution < 1.29 is 4.79 Å². The molecule has 1 atom stereocenters. The normalized spacial score (nSPS) is 11.8. The molecule has 0 aliphatic carbocycles. The van der Waals surface area contributed by atoms with Gasteiger partial charge in [-0.1, -0.05) is 12.1 Å². The van der Waals surface area contributed by atoms with E-state index in [9.17, 15) is 9.59 Å². The van der Waals surface area contributed by atoms with Crippen molar-refractivity contribution in [2.45, 2.75) is 25.9 Å². The molecule has 1 heterocycles. The highest BCUT2D eigenvalue weighted by atomic mass is 32.1. The van der Waals surface area contributed by atoms with Crippen molar-refractivity contribution in [3.8, 4) is 6.07 Å². The molecule has 0 spiro atoms. The van der Waals surface area contributed by atoms with Crippen molar-refractivity contribution in [3.05, 3.63) is 39.4 Å². The van der Waals surface area contributed by atoms with Crippen LogP contribution in [0, 0.1) is 16.1 Å². The van der Waals surface area contributed by atoms with E-state index in [0.717, 1.165) is 0 Å². The van der Waals surface area contributed by atoms with Gasteiger partial charge in [-0.05, 0) is 31.3 Å². The zero-order chi connectivity index (χ0) is 15.4. The minimum atomic E-state index is -0.555. The number of amides is 1. The lowest BCUT2D eigenvalue weighted by Crippen LogP contribution is -2.33. The molecule has 0 unspecified atom stereocenters. The van der Waals surface area contributed by atoms with Crippen LogP contribution in [0.25, 0.3) is 10.9 Å². The molecule has 6 nitrogen and oxygen atoms in total. The molecule has 2 aromatic rings. The highest BCUT2D eigenvalue weighted by Gasteiger charge is 2.09. The summed E-state index contributed by atoms with van der Waals surface area (Å²) in [4.78, 5) is 27.0. The molecular weight excluding hydrogens is 288 g/mol. The number of hydrogen-bond donors (Lipinski definition) is 2. The van der Waals surface area contributed by atoms with Crippen LogP contribution in [0.5, 0.6) is 0 Å². The lowest BCUT2D eigenvalue weighted by atomic mass is 10.2. The monoisotopic (exact) mass is 302 g/mol. The smallest absolute Gasteiger partial charge is 0.262 e. The van der Waals surface area contributed by atoms with Crippen molar-refractivity contribution >= 4 is 29.0 Å². The zero-order valence-electron chi connectivity index (χ0n) is 11.4. The average molecular weight is 302 g/mol. The molecule has 0 bridgehead atoms. The van der Waals surface area contributed by atoms with Crippen molar-refractivity contribution in [3.63, 3.8) is 0 Å². The zero-order valence-corrected chi connectivity index (χ0v) is 12.2. The minimum absolute atomic E-state index is 0.0851. The Hall–Kier alpha value is -2.46. The van der Waals surface area contributed by atoms with Crippen molar-refractivity contribution in [2.75, 3.05) is 0 Å². The number of aromatic nitrogens is 2. The Bertz CT molecular complexity index is 831. The highest BCUT2D eigenvalue weighted by molar-refractivity contribution is 7.71. The van der Waals surface area contributed by atoms with Gasteiger partial charge in [0, 0.05) is 13.0 Å². The standard InChI is InChI=1S/C14H14N4O2S/c1-9(8-15)16-12(19)6-7-18-13(20)10-4-2-3-5-11(10)17-14(18)21/h2-5,9H,6-7H2,1H3,(H,16,19)(H,17,21)/t9-/m1/s1. The van der Waals surface area contributed by atoms with Gasteiger partial charge in [0.05, 0.1) is 17.0 Å². The van der Waals surface area contributed by atoms with Crippen LogP contribution in [0.4, 0.5) is 0 Å². The molecule has 0 saturated heterocycles. The molecule has 0 aliphatic heterocycles. The Morgan fingerprint density at radius 1 is 1.52 bits per heavy atom. The molecule has 0 saturated carbocycles. The average Bonchev–Trinajstić information content (AvgIpc) is 2.46. The summed E-state index contributed by atoms with van der Waals surface area (Å²) >= 11 is 5.15. The van der Waals surface area contributed by atoms with E-state index in [1.165, 1.54) is 4.57 Å². The largest absolute Gasteiger partial charge is 0.341 e. The summed E-state index contributed by atoms with van der Waals surface area (Å²) in [6, 6.07) is 8.42. The molecule has 0 radical (unpaired) electrons. The maximum atomic E-state index is 12.3. The molecule has 2 N–H and O–H groups in total. The van der Waals surface area contributed by atoms with Gasteiger partial charge in [-0.15, -0.1) is 0 Å². The number of H-pyrrole nitrogens is 1. The number of nitrogens with zero attached hydrogens (tertiary/aromatic N) is 2. The van der Waals surface area contributed by atoms with Gasteiger partial charge in [-0.3, -0.25) is 14.2 Å². The third kappa shape index (κ3) is 3.35. The summed E-state index contributed by atoms with van der Waals surface area (Å²) in [5.41, 5.74) is 0.446. The number of carbonyl (C=O) groups excluding carboxylic acids is 1. The van der Waals surface area contributed by atoms with Crippen molar-refractivity contribution in [2.24, 2.45) is 0 Å². The molecule has 108 valence electrons. The fourth-order valence-corrected chi connectivity index (χ4v) is 2.25. The van der Waals surface area contributed by atoms with E-state index in [0.29, 0.717) is 10.9 Å². The first-order valence-electron chi connectivity index (χ1n) is 6.44. The van der Waals surface area contributed by atoms with E-state index < -0.39 is 6.04 Å². The Balaban J connectivity index is 2.24. The quantitative estimate of drug-likeness (QED) is 0.837. The van der Waals surface area contributed by atoms with Crippen molar-refractivity contribution in [1.82, 2.24) is 14.9 Å². The van der Waals surface area contributed by atoms with E-state index >= 15 is 0 Å². The number of aromatic amines is 1. The van der Waals surface area contributed by atoms with Gasteiger partial charge in [0.2, 0.25) is 5.91 Å². The first-order chi connectivity index (χ1) is 10.0. The van der Waals surface area contributed by atoms with Crippen LogP contribution in [0.2, 0.25) is 0 Å². The molecule has 1 aromatic carbocycles. The van der Waals surface area contributed by atoms with E-state index in [1.54, 1.807) is 25.1 Å². The number of rotatable bonds is 4. The Morgan fingerprint density at radius 3 is 2.95 bits per heavy atom. The summed E-state index contributed by atoms with van der Waals surface area (Å²) in [6.07, 6.45) is 0.0851. The molecule has 21 heavy (non-hydrogen) atoms. The number of nitrogens with one attached hydrogen (secondary N) is 2. The summed E-state index contributed by atoms with van der Waals surface area (Å²) in [5.74, 6) is -0.293. The summed E-state index contributed by atoms with van der Waals surface area (Å²) in [5, 5.41) is 11.7. The van der Waals surface area contributed by atoms with E-state index in [4.69, 9.17) is 17.5 Å². The van der Waals surface area contributed by atoms with Crippen LogP contribution < -0.4 is 10.9 Å². The molecule has 0 fully saturated rings. The van der Waals surface area contributed by atoms with Gasteiger partial charge < -0.3 is 10.3 Å². The number of nitriles is 1. The third-order valence-corrected chi connectivity index (χ3v) is 3.35. The van der Waals surface area contributed by atoms with E-state index in [2.05, 4.69) is 10.3 Å². The number of carbonyl (C=O) groups is 1. The molecule has 0 aliphatic rings. The van der Waals surface area contributed by atoms with Crippen LogP contribution in [0.3, 0.4) is 0 Å². The maximum Gasteiger partial charge on any atom is 0.262 e. The summed E-state index contributed by atoms with van der Waals surface area (Å²) in [6.45, 7) is 1.76. The number of hydrogen-bond acceptors (Lipinski definition) is 4. The van der Waals surface area contributed by atoms with Gasteiger partial charge in [-0.2, -0.15) is 5.26 Å². The van der Waals surface area contributed by atoms with Gasteiger partial charge in [0.25, 0.3) is 5.56 Å². The first kappa shape index (κ1) is 14.9. The summed E-state index contributed by atoms with van der Waals surface area (Å²) < 4.78 is 1.63. The lowest BCUT2D eigenvalue weighted by Gasteiger charge is -2.09. The predicted molar refractivity (Wildman–Crippen MR) is 81.2 cm³/mol. The fraction of sp³-hybridized carbons (Fsp3) is 0.286. The molecule has 1 aromatic heterocycles. The lowest BCUT2D eigenvalue weighted by molar-refractivity contribution is -0.121. The Kier molecular flexibility index (Phi) is 4.50. The van der Waals surface area contributed by atoms with Crippen LogP contribution in [0.1, 0.15) is 13.3 Å². The minimum Gasteiger partial charge on any atom is -0.341 e. The van der Waals surface area contributed by atoms with E-state index in [1.807, 2.05) is 12.1 Å². The third-order valence-electron chi connectivity index (χ3n) is 3.02. The van der Waals surface area contributed by atoms with Gasteiger partial charge in [0.15, 0.2) is 4.77 Å². The first-order valence-corrected chi connectivity index (χ1v) is 6.84. The number of benzene rings is 1. The van der Waals surface area contributed by atoms with Crippen LogP contribution >= 0.6 is 12.2 Å². The predicted octanol–water partition coefficient (Wildman–Crippen LogP) is 1.48. The van der Waals surface area contributed by atoms with Gasteiger partial charge in [-0.25, -0.2) is 0 Å². The molecular formula is C14H14N4O2S. The molecule has 7 heteroatoms. The number of fused-ring (bicyclic) bond motifs is 1. The topological polar surface area (TPSA) is 90.7 Å². The van der Waals surface area contributed by atoms with Crippen LogP contribution in [0.15, 0.2) is 29.1 Å². The fourth-order valence-electron chi connectivity index (χ4n) is 1.96. The second-order valence-corrected chi connectivity index (χ2v) is 4.99. The Labute approximate surface area is 126 Å². The summed E-state index contributed by atoms with van der Waals surface area (Å²) in [7, 11) is 0. The van der Waals surface area contributed by atoms with E-state index in [-0.39, 0.29) is 29.2 Å². The second-order valence-electron chi connectivity index (χ2n) is 4.60. The van der Waals surface area contributed by atoms with Crippen LogP contribution in [-0.2, 0) is 11.3 Å². The van der Waals surface area contributed by atoms with Gasteiger partial charge in [0.1, 0.15) is 6.04 Å².